The molecule has 7 heteroatoms. The van der Waals surface area contributed by atoms with Crippen molar-refractivity contribution in [2.75, 3.05) is 5.32 Å². The molecule has 0 aromatic heterocycles. The Morgan fingerprint density at radius 2 is 2.00 bits per heavy atom. The van der Waals surface area contributed by atoms with Gasteiger partial charge in [-0.25, -0.2) is 0 Å². The number of allylic oxidation sites excluding steroid dienone is 2. The van der Waals surface area contributed by atoms with Crippen molar-refractivity contribution in [2.45, 2.75) is 71.0 Å². The van der Waals surface area contributed by atoms with Crippen LogP contribution in [0, 0.1) is 35.5 Å². The summed E-state index contributed by atoms with van der Waals surface area (Å²) in [7, 11) is 0. The SMILES string of the molecule is CC#CC[C@@H](C)[C@H](O)/C=C/[C@H]1[C@@H]2C/C(=C\CCCC(=O)Nc3cc(Cl)c(O)c(Cl)c3)C[C@H]2C[C@@H]1O. The number of phenols is 1. The van der Waals surface area contributed by atoms with E-state index in [9.17, 15) is 20.1 Å². The topological polar surface area (TPSA) is 89.8 Å². The van der Waals surface area contributed by atoms with Crippen LogP contribution in [-0.4, -0.2) is 33.4 Å². The molecule has 190 valence electrons. The Kier molecular flexibility index (Phi) is 10.1. The monoisotopic (exact) mass is 519 g/mol. The molecule has 0 aliphatic heterocycles. The fourth-order valence-electron chi connectivity index (χ4n) is 5.19. The van der Waals surface area contributed by atoms with Crippen molar-refractivity contribution in [1.29, 1.82) is 0 Å². The molecular formula is C28H35Cl2NO4. The van der Waals surface area contributed by atoms with Crippen LogP contribution in [0.25, 0.3) is 0 Å². The van der Waals surface area contributed by atoms with Gasteiger partial charge in [0.25, 0.3) is 0 Å². The van der Waals surface area contributed by atoms with E-state index in [-0.39, 0.29) is 39.6 Å². The zero-order valence-corrected chi connectivity index (χ0v) is 21.8. The predicted molar refractivity (Wildman–Crippen MR) is 141 cm³/mol. The van der Waals surface area contributed by atoms with E-state index in [1.807, 2.05) is 19.1 Å². The van der Waals surface area contributed by atoms with E-state index in [0.717, 1.165) is 32.1 Å². The summed E-state index contributed by atoms with van der Waals surface area (Å²) in [5.41, 5.74) is 1.86. The first kappa shape index (κ1) is 27.6. The van der Waals surface area contributed by atoms with Crippen LogP contribution < -0.4 is 5.32 Å². The standard InChI is InChI=1S/C28H35Cl2NO4/c1-3-4-7-17(2)25(32)11-10-21-22-13-18(12-19(22)14-26(21)33)8-5-6-9-27(34)31-20-15-23(29)28(35)24(30)16-20/h8,10-11,15-17,19,21-22,25-26,32-33,35H,5-7,9,12-14H2,1-2H3,(H,31,34)/b11-10+,18-8-/t17-,19+,21+,22-,25-,26+/m1/s1. The Bertz CT molecular complexity index is 1000. The summed E-state index contributed by atoms with van der Waals surface area (Å²) in [5.74, 6) is 6.55. The first-order valence-electron chi connectivity index (χ1n) is 12.3. The van der Waals surface area contributed by atoms with Crippen molar-refractivity contribution in [2.24, 2.45) is 23.7 Å². The van der Waals surface area contributed by atoms with E-state index >= 15 is 0 Å². The van der Waals surface area contributed by atoms with Gasteiger partial charge in [0.15, 0.2) is 5.75 Å². The highest BCUT2D eigenvalue weighted by atomic mass is 35.5. The first-order chi connectivity index (χ1) is 16.7. The average Bonchev–Trinajstić information content (AvgIpc) is 3.33. The molecule has 2 fully saturated rings. The highest BCUT2D eigenvalue weighted by Gasteiger charge is 2.45. The number of halogens is 2. The van der Waals surface area contributed by atoms with Crippen LogP contribution in [0.1, 0.15) is 58.8 Å². The number of aromatic hydroxyl groups is 1. The average molecular weight is 520 g/mol. The highest BCUT2D eigenvalue weighted by Crippen LogP contribution is 2.50. The van der Waals surface area contributed by atoms with E-state index < -0.39 is 6.10 Å². The van der Waals surface area contributed by atoms with Gasteiger partial charge in [0.1, 0.15) is 0 Å². The third-order valence-electron chi connectivity index (χ3n) is 7.17. The zero-order valence-electron chi connectivity index (χ0n) is 20.3. The van der Waals surface area contributed by atoms with Crippen molar-refractivity contribution in [3.05, 3.63) is 46.0 Å². The number of carbonyl (C=O) groups is 1. The van der Waals surface area contributed by atoms with Crippen molar-refractivity contribution in [3.63, 3.8) is 0 Å². The molecule has 0 saturated heterocycles. The second-order valence-corrected chi connectivity index (χ2v) is 10.6. The molecule has 0 heterocycles. The largest absolute Gasteiger partial charge is 0.505 e. The molecule has 2 aliphatic rings. The van der Waals surface area contributed by atoms with Crippen molar-refractivity contribution in [1.82, 2.24) is 0 Å². The smallest absolute Gasteiger partial charge is 0.224 e. The van der Waals surface area contributed by atoms with E-state index in [2.05, 4.69) is 23.2 Å². The molecule has 4 N–H and O–H groups in total. The number of anilines is 1. The van der Waals surface area contributed by atoms with E-state index in [0.29, 0.717) is 30.4 Å². The maximum Gasteiger partial charge on any atom is 0.224 e. The van der Waals surface area contributed by atoms with Gasteiger partial charge in [-0.3, -0.25) is 4.79 Å². The lowest BCUT2D eigenvalue weighted by atomic mass is 9.89. The molecule has 1 aromatic carbocycles. The van der Waals surface area contributed by atoms with Crippen LogP contribution in [0.15, 0.2) is 35.9 Å². The number of hydrogen-bond donors (Lipinski definition) is 4. The van der Waals surface area contributed by atoms with Crippen LogP contribution in [0.4, 0.5) is 5.69 Å². The number of carbonyl (C=O) groups excluding carboxylic acids is 1. The number of hydrogen-bond acceptors (Lipinski definition) is 4. The van der Waals surface area contributed by atoms with Gasteiger partial charge in [-0.15, -0.1) is 11.8 Å². The molecule has 1 amide bonds. The molecule has 3 rings (SSSR count). The zero-order chi connectivity index (χ0) is 25.5. The minimum absolute atomic E-state index is 0.0623. The molecule has 0 unspecified atom stereocenters. The molecule has 6 atom stereocenters. The molecule has 1 aromatic rings. The first-order valence-corrected chi connectivity index (χ1v) is 13.0. The van der Waals surface area contributed by atoms with E-state index in [1.165, 1.54) is 17.7 Å². The van der Waals surface area contributed by atoms with Crippen LogP contribution in [0.5, 0.6) is 5.75 Å². The normalized spacial score (nSPS) is 26.4. The lowest BCUT2D eigenvalue weighted by molar-refractivity contribution is -0.116. The van der Waals surface area contributed by atoms with Crippen molar-refractivity contribution in [3.8, 4) is 17.6 Å². The molecule has 2 aliphatic carbocycles. The van der Waals surface area contributed by atoms with Crippen LogP contribution in [0.3, 0.4) is 0 Å². The summed E-state index contributed by atoms with van der Waals surface area (Å²) in [6.45, 7) is 3.79. The van der Waals surface area contributed by atoms with Gasteiger partial charge < -0.3 is 20.6 Å². The van der Waals surface area contributed by atoms with Gasteiger partial charge in [0, 0.05) is 24.4 Å². The van der Waals surface area contributed by atoms with Gasteiger partial charge in [0.2, 0.25) is 5.91 Å². The minimum atomic E-state index is -0.557. The van der Waals surface area contributed by atoms with Gasteiger partial charge in [-0.05, 0) is 68.9 Å². The number of nitrogens with one attached hydrogen (secondary N) is 1. The summed E-state index contributed by atoms with van der Waals surface area (Å²) in [5, 5.41) is 33.5. The molecule has 35 heavy (non-hydrogen) atoms. The lowest BCUT2D eigenvalue weighted by Gasteiger charge is -2.19. The molecular weight excluding hydrogens is 485 g/mol. The van der Waals surface area contributed by atoms with Crippen LogP contribution in [-0.2, 0) is 4.79 Å². The van der Waals surface area contributed by atoms with Crippen molar-refractivity contribution >= 4 is 34.8 Å². The molecule has 5 nitrogen and oxygen atoms in total. The summed E-state index contributed by atoms with van der Waals surface area (Å²) >= 11 is 11.8. The maximum absolute atomic E-state index is 12.2. The van der Waals surface area contributed by atoms with Crippen LogP contribution in [0.2, 0.25) is 10.0 Å². The number of unbranched alkanes of at least 4 members (excludes halogenated alkanes) is 1. The minimum Gasteiger partial charge on any atom is -0.505 e. The Morgan fingerprint density at radius 1 is 1.29 bits per heavy atom. The predicted octanol–water partition coefficient (Wildman–Crippen LogP) is 6.11. The number of aliphatic hydroxyl groups excluding tert-OH is 2. The summed E-state index contributed by atoms with van der Waals surface area (Å²) in [6.07, 6.45) is 10.5. The Morgan fingerprint density at radius 3 is 2.69 bits per heavy atom. The van der Waals surface area contributed by atoms with Crippen molar-refractivity contribution < 1.29 is 20.1 Å². The number of benzene rings is 1. The molecule has 2 saturated carbocycles. The number of aliphatic hydroxyl groups is 2. The third kappa shape index (κ3) is 7.51. The van der Waals surface area contributed by atoms with Crippen LogP contribution >= 0.6 is 23.2 Å². The number of amides is 1. The number of fused-ring (bicyclic) bond motifs is 1. The third-order valence-corrected chi connectivity index (χ3v) is 7.74. The van der Waals surface area contributed by atoms with Gasteiger partial charge in [0.05, 0.1) is 22.3 Å². The Hall–Kier alpha value is -1.97. The second-order valence-electron chi connectivity index (χ2n) is 9.79. The summed E-state index contributed by atoms with van der Waals surface area (Å²) in [6, 6.07) is 2.94. The van der Waals surface area contributed by atoms with Gasteiger partial charge >= 0.3 is 0 Å². The number of rotatable bonds is 9. The summed E-state index contributed by atoms with van der Waals surface area (Å²) < 4.78 is 0. The molecule has 0 spiro atoms. The second kappa shape index (κ2) is 12.8. The maximum atomic E-state index is 12.2. The van der Waals surface area contributed by atoms with E-state index in [4.69, 9.17) is 23.2 Å². The number of phenolic OH excluding ortho intramolecular Hbond substituents is 1. The Labute approximate surface area is 218 Å². The van der Waals surface area contributed by atoms with Gasteiger partial charge in [-0.2, -0.15) is 0 Å². The lowest BCUT2D eigenvalue weighted by Crippen LogP contribution is -2.19. The molecule has 0 bridgehead atoms. The molecule has 0 radical (unpaired) electrons. The van der Waals surface area contributed by atoms with Gasteiger partial charge in [-0.1, -0.05) is 53.9 Å². The van der Waals surface area contributed by atoms with E-state index in [1.54, 1.807) is 6.92 Å². The summed E-state index contributed by atoms with van der Waals surface area (Å²) in [4.78, 5) is 12.2. The quantitative estimate of drug-likeness (QED) is 0.137. The highest BCUT2D eigenvalue weighted by molar-refractivity contribution is 6.37. The Balaban J connectivity index is 1.46. The fraction of sp³-hybridized carbons (Fsp3) is 0.536. The fourth-order valence-corrected chi connectivity index (χ4v) is 5.67.